The predicted octanol–water partition coefficient (Wildman–Crippen LogP) is 0.0997. The van der Waals surface area contributed by atoms with Crippen LogP contribution in [0.15, 0.2) is 6.33 Å². The third-order valence-corrected chi connectivity index (χ3v) is 4.49. The van der Waals surface area contributed by atoms with Crippen LogP contribution < -0.4 is 5.32 Å². The fourth-order valence-corrected chi connectivity index (χ4v) is 2.52. The lowest BCUT2D eigenvalue weighted by atomic mass is 9.96. The summed E-state index contributed by atoms with van der Waals surface area (Å²) < 4.78 is 11.6. The number of ether oxygens (including phenoxy) is 2. The van der Waals surface area contributed by atoms with Crippen molar-refractivity contribution in [3.05, 3.63) is 12.0 Å². The number of imidazole rings is 1. The van der Waals surface area contributed by atoms with E-state index in [1.807, 2.05) is 0 Å². The van der Waals surface area contributed by atoms with E-state index in [0.717, 1.165) is 10.9 Å². The predicted molar refractivity (Wildman–Crippen MR) is 102 cm³/mol. The second-order valence-corrected chi connectivity index (χ2v) is 9.25. The van der Waals surface area contributed by atoms with Gasteiger partial charge in [0, 0.05) is 5.41 Å². The van der Waals surface area contributed by atoms with Gasteiger partial charge < -0.3 is 24.8 Å². The molecule has 4 N–H and O–H groups in total. The molecule has 11 heteroatoms. The van der Waals surface area contributed by atoms with Crippen LogP contribution in [0.3, 0.4) is 0 Å². The van der Waals surface area contributed by atoms with Gasteiger partial charge in [-0.05, 0) is 20.8 Å². The van der Waals surface area contributed by atoms with Gasteiger partial charge in [0.05, 0.1) is 5.41 Å². The summed E-state index contributed by atoms with van der Waals surface area (Å²) in [5.41, 5.74) is -2.03. The van der Waals surface area contributed by atoms with Crippen molar-refractivity contribution in [2.24, 2.45) is 10.8 Å². The Morgan fingerprint density at radius 2 is 1.73 bits per heavy atom. The smallest absolute Gasteiger partial charge is 0.311 e. The summed E-state index contributed by atoms with van der Waals surface area (Å²) in [5, 5.41) is 33.0. The quantitative estimate of drug-likeness (QED) is 0.489. The highest BCUT2D eigenvalue weighted by Crippen LogP contribution is 2.33. The summed E-state index contributed by atoms with van der Waals surface area (Å²) in [5.74, 6) is -2.65. The molecule has 0 saturated carbocycles. The molecule has 0 spiro atoms. The van der Waals surface area contributed by atoms with Crippen LogP contribution in [0, 0.1) is 10.8 Å². The van der Waals surface area contributed by atoms with Crippen LogP contribution in [0.5, 0.6) is 5.88 Å². The maximum absolute atomic E-state index is 12.3. The molecule has 1 aliphatic heterocycles. The number of rotatable bonds is 4. The summed E-state index contributed by atoms with van der Waals surface area (Å²) in [6, 6.07) is 0. The molecule has 30 heavy (non-hydrogen) atoms. The van der Waals surface area contributed by atoms with Crippen molar-refractivity contribution >= 4 is 17.8 Å². The number of nitrogens with one attached hydrogen (secondary N) is 1. The Hall–Kier alpha value is -2.50. The standard InChI is InChI=1S/C19H29N3O8/c1-18(2,3)16(27)21-13(25)10-14(26)22(8-20-10)15-12(24)11(23)9(30-15)7-29-17(28)19(4,5)6/h8-9,11-12,15,23-24,26H,7H2,1-6H3,(H,21,25,27)/t9-,11-,12-,15-/m1/s1. The maximum Gasteiger partial charge on any atom is 0.311 e. The SMILES string of the molecule is CC(C)(C)C(=O)NC(=O)c1ncn([C@@H]2O[C@H](COC(=O)C(C)(C)C)[C@@H](O)[C@H]2O)c1O. The molecular weight excluding hydrogens is 398 g/mol. The van der Waals surface area contributed by atoms with Crippen molar-refractivity contribution in [1.82, 2.24) is 14.9 Å². The highest BCUT2D eigenvalue weighted by Gasteiger charge is 2.46. The van der Waals surface area contributed by atoms with Gasteiger partial charge in [0.2, 0.25) is 11.8 Å². The van der Waals surface area contributed by atoms with Crippen molar-refractivity contribution in [1.29, 1.82) is 0 Å². The topological polar surface area (TPSA) is 160 Å². The first-order chi connectivity index (χ1) is 13.6. The minimum atomic E-state index is -1.49. The van der Waals surface area contributed by atoms with Crippen LogP contribution in [0.4, 0.5) is 0 Å². The van der Waals surface area contributed by atoms with Gasteiger partial charge in [-0.1, -0.05) is 20.8 Å². The molecule has 0 unspecified atom stereocenters. The molecule has 2 rings (SSSR count). The summed E-state index contributed by atoms with van der Waals surface area (Å²) in [6.07, 6.45) is -4.21. The van der Waals surface area contributed by atoms with E-state index in [0.29, 0.717) is 0 Å². The van der Waals surface area contributed by atoms with Crippen molar-refractivity contribution in [2.75, 3.05) is 6.61 Å². The second kappa shape index (κ2) is 8.32. The number of aromatic hydroxyl groups is 1. The Kier molecular flexibility index (Phi) is 6.60. The maximum atomic E-state index is 12.3. The lowest BCUT2D eigenvalue weighted by Gasteiger charge is -2.20. The highest BCUT2D eigenvalue weighted by atomic mass is 16.6. The molecule has 2 heterocycles. The zero-order valence-electron chi connectivity index (χ0n) is 17.9. The third-order valence-electron chi connectivity index (χ3n) is 4.49. The average Bonchev–Trinajstić information content (AvgIpc) is 3.12. The molecular formula is C19H29N3O8. The van der Waals surface area contributed by atoms with Crippen molar-refractivity contribution < 1.29 is 39.2 Å². The molecule has 1 fully saturated rings. The second-order valence-electron chi connectivity index (χ2n) is 9.25. The fraction of sp³-hybridized carbons (Fsp3) is 0.684. The highest BCUT2D eigenvalue weighted by molar-refractivity contribution is 6.06. The zero-order valence-corrected chi connectivity index (χ0v) is 17.9. The van der Waals surface area contributed by atoms with Gasteiger partial charge in [-0.15, -0.1) is 0 Å². The monoisotopic (exact) mass is 427 g/mol. The Morgan fingerprint density at radius 1 is 1.13 bits per heavy atom. The van der Waals surface area contributed by atoms with Gasteiger partial charge in [-0.3, -0.25) is 24.3 Å². The van der Waals surface area contributed by atoms with Gasteiger partial charge in [0.1, 0.15) is 31.2 Å². The molecule has 1 saturated heterocycles. The van der Waals surface area contributed by atoms with E-state index in [1.165, 1.54) is 0 Å². The Bertz CT molecular complexity index is 821. The van der Waals surface area contributed by atoms with E-state index in [1.54, 1.807) is 41.5 Å². The molecule has 2 amide bonds. The third kappa shape index (κ3) is 4.97. The van der Waals surface area contributed by atoms with Gasteiger partial charge in [-0.2, -0.15) is 0 Å². The summed E-state index contributed by atoms with van der Waals surface area (Å²) in [4.78, 5) is 39.9. The minimum absolute atomic E-state index is 0.312. The molecule has 11 nitrogen and oxygen atoms in total. The normalized spacial score (nSPS) is 24.5. The van der Waals surface area contributed by atoms with Gasteiger partial charge >= 0.3 is 5.97 Å². The summed E-state index contributed by atoms with van der Waals surface area (Å²) in [6.45, 7) is 9.53. The molecule has 1 aromatic rings. The van der Waals surface area contributed by atoms with Crippen LogP contribution in [-0.4, -0.2) is 67.6 Å². The molecule has 168 valence electrons. The number of carbonyl (C=O) groups excluding carboxylic acids is 3. The van der Waals surface area contributed by atoms with Crippen LogP contribution >= 0.6 is 0 Å². The molecule has 0 aromatic carbocycles. The summed E-state index contributed by atoms with van der Waals surface area (Å²) >= 11 is 0. The molecule has 4 atom stereocenters. The first-order valence-corrected chi connectivity index (χ1v) is 9.45. The average molecular weight is 427 g/mol. The van der Waals surface area contributed by atoms with Crippen LogP contribution in [0.25, 0.3) is 0 Å². The lowest BCUT2D eigenvalue weighted by Crippen LogP contribution is -2.39. The first-order valence-electron chi connectivity index (χ1n) is 9.45. The Morgan fingerprint density at radius 3 is 2.27 bits per heavy atom. The fourth-order valence-electron chi connectivity index (χ4n) is 2.52. The van der Waals surface area contributed by atoms with E-state index in [4.69, 9.17) is 9.47 Å². The van der Waals surface area contributed by atoms with Crippen LogP contribution in [0.1, 0.15) is 58.3 Å². The van der Waals surface area contributed by atoms with Gasteiger partial charge in [0.25, 0.3) is 5.91 Å². The number of imide groups is 1. The number of aromatic nitrogens is 2. The summed E-state index contributed by atoms with van der Waals surface area (Å²) in [7, 11) is 0. The van der Waals surface area contributed by atoms with Crippen molar-refractivity contribution in [2.45, 2.75) is 66.1 Å². The number of amides is 2. The number of hydrogen-bond donors (Lipinski definition) is 4. The minimum Gasteiger partial charge on any atom is -0.493 e. The van der Waals surface area contributed by atoms with Crippen LogP contribution in [0.2, 0.25) is 0 Å². The molecule has 0 radical (unpaired) electrons. The number of aliphatic hydroxyl groups is 2. The number of nitrogens with zero attached hydrogens (tertiary/aromatic N) is 2. The Labute approximate surface area is 174 Å². The molecule has 1 aromatic heterocycles. The van der Waals surface area contributed by atoms with E-state index in [-0.39, 0.29) is 6.61 Å². The van der Waals surface area contributed by atoms with Crippen LogP contribution in [-0.2, 0) is 19.1 Å². The Balaban J connectivity index is 2.12. The van der Waals surface area contributed by atoms with Gasteiger partial charge in [0.15, 0.2) is 11.9 Å². The zero-order chi connectivity index (χ0) is 23.0. The number of hydrogen-bond acceptors (Lipinski definition) is 9. The molecule has 1 aliphatic rings. The number of aliphatic hydroxyl groups excluding tert-OH is 2. The molecule has 0 bridgehead atoms. The van der Waals surface area contributed by atoms with E-state index in [2.05, 4.69) is 10.3 Å². The molecule has 0 aliphatic carbocycles. The van der Waals surface area contributed by atoms with E-state index in [9.17, 15) is 29.7 Å². The number of esters is 1. The van der Waals surface area contributed by atoms with Crippen molar-refractivity contribution in [3.63, 3.8) is 0 Å². The number of carbonyl (C=O) groups is 3. The van der Waals surface area contributed by atoms with Gasteiger partial charge in [-0.25, -0.2) is 4.98 Å². The lowest BCUT2D eigenvalue weighted by molar-refractivity contribution is -0.159. The van der Waals surface area contributed by atoms with Crippen molar-refractivity contribution in [3.8, 4) is 5.88 Å². The first kappa shape index (κ1) is 23.8. The van der Waals surface area contributed by atoms with E-state index < -0.39 is 64.7 Å². The van der Waals surface area contributed by atoms with E-state index >= 15 is 0 Å². The largest absolute Gasteiger partial charge is 0.493 e.